The van der Waals surface area contributed by atoms with Crippen molar-refractivity contribution >= 4 is 37.4 Å². The zero-order valence-electron chi connectivity index (χ0n) is 16.1. The van der Waals surface area contributed by atoms with E-state index in [0.29, 0.717) is 11.4 Å². The zero-order valence-corrected chi connectivity index (χ0v) is 18.5. The fourth-order valence-electron chi connectivity index (χ4n) is 3.37. The van der Waals surface area contributed by atoms with Crippen LogP contribution < -0.4 is 11.4 Å². The third-order valence-corrected chi connectivity index (χ3v) is 8.21. The number of alkyl halides is 1. The number of aromatic nitrogens is 2. The standard InChI is InChI=1S/C18H20ClFN3O6PS/c19-11-3-1-2-10(8-11)12-5-7-27-30(26,29-12)28-9-13-16(24)15(20)17(31-13)23-6-4-14(21)22-18(23)25/h1-4,6,8,12-13,15-17,24,26H,5,7,9H2,(H-,21,22,25)/p+1/t12?,13-,15+,16-,17-,30?/m1/s1. The van der Waals surface area contributed by atoms with Crippen molar-refractivity contribution in [2.24, 2.45) is 0 Å². The summed E-state index contributed by atoms with van der Waals surface area (Å²) in [6, 6.07) is 8.43. The second-order valence-corrected chi connectivity index (χ2v) is 10.5. The van der Waals surface area contributed by atoms with Crippen LogP contribution in [0.3, 0.4) is 0 Å². The summed E-state index contributed by atoms with van der Waals surface area (Å²) in [5.41, 5.74) is 5.52. The van der Waals surface area contributed by atoms with Gasteiger partial charge in [0.2, 0.25) is 0 Å². The molecule has 9 nitrogen and oxygen atoms in total. The molecule has 31 heavy (non-hydrogen) atoms. The molecular formula is C18H21ClFN3O6PS+. The molecule has 13 heteroatoms. The van der Waals surface area contributed by atoms with E-state index in [2.05, 4.69) is 4.98 Å². The topological polar surface area (TPSA) is 129 Å². The van der Waals surface area contributed by atoms with Gasteiger partial charge in [-0.2, -0.15) is 18.9 Å². The third kappa shape index (κ3) is 5.04. The number of aliphatic hydroxyl groups is 1. The van der Waals surface area contributed by atoms with Crippen LogP contribution in [-0.4, -0.2) is 50.3 Å². The number of hydrogen-bond donors (Lipinski definition) is 3. The van der Waals surface area contributed by atoms with Crippen molar-refractivity contribution < 1.29 is 28.0 Å². The fraction of sp³-hybridized carbons (Fsp3) is 0.444. The van der Waals surface area contributed by atoms with Crippen LogP contribution in [0.2, 0.25) is 5.02 Å². The fourth-order valence-corrected chi connectivity index (χ4v) is 6.52. The molecular weight excluding hydrogens is 472 g/mol. The lowest BCUT2D eigenvalue weighted by Crippen LogP contribution is -2.34. The first-order valence-electron chi connectivity index (χ1n) is 9.43. The molecule has 3 heterocycles. The number of nitrogens with two attached hydrogens (primary N) is 1. The van der Waals surface area contributed by atoms with Crippen LogP contribution in [0.5, 0.6) is 0 Å². The molecule has 2 aliphatic heterocycles. The van der Waals surface area contributed by atoms with E-state index in [-0.39, 0.29) is 19.0 Å². The minimum absolute atomic E-state index is 0.0213. The molecule has 2 aliphatic rings. The van der Waals surface area contributed by atoms with E-state index in [4.69, 9.17) is 30.9 Å². The number of nitrogens with zero attached hydrogens (tertiary/aromatic N) is 2. The average Bonchev–Trinajstić information content (AvgIpc) is 3.01. The summed E-state index contributed by atoms with van der Waals surface area (Å²) in [5, 5.41) is 9.06. The summed E-state index contributed by atoms with van der Waals surface area (Å²) in [4.78, 5) is 26.3. The van der Waals surface area contributed by atoms with Crippen LogP contribution in [-0.2, 0) is 13.6 Å². The number of rotatable bonds is 5. The molecule has 0 spiro atoms. The van der Waals surface area contributed by atoms with Gasteiger partial charge in [-0.3, -0.25) is 4.57 Å². The van der Waals surface area contributed by atoms with E-state index in [1.54, 1.807) is 18.2 Å². The predicted molar refractivity (Wildman–Crippen MR) is 115 cm³/mol. The Bertz CT molecular complexity index is 1000. The van der Waals surface area contributed by atoms with Crippen LogP contribution in [0, 0.1) is 0 Å². The van der Waals surface area contributed by atoms with Gasteiger partial charge >= 0.3 is 13.9 Å². The van der Waals surface area contributed by atoms with Crippen molar-refractivity contribution in [1.29, 1.82) is 0 Å². The van der Waals surface area contributed by atoms with Gasteiger partial charge in [-0.1, -0.05) is 23.7 Å². The molecule has 0 saturated carbocycles. The van der Waals surface area contributed by atoms with Gasteiger partial charge in [0.15, 0.2) is 6.17 Å². The van der Waals surface area contributed by atoms with Crippen LogP contribution in [0.15, 0.2) is 41.3 Å². The molecule has 2 fully saturated rings. The second-order valence-electron chi connectivity index (χ2n) is 7.08. The Balaban J connectivity index is 1.41. The maximum absolute atomic E-state index is 14.7. The van der Waals surface area contributed by atoms with Gasteiger partial charge < -0.3 is 10.8 Å². The Morgan fingerprint density at radius 1 is 1.45 bits per heavy atom. The first-order valence-corrected chi connectivity index (χ1v) is 12.2. The molecule has 4 rings (SSSR count). The van der Waals surface area contributed by atoms with E-state index in [9.17, 15) is 19.2 Å². The van der Waals surface area contributed by atoms with Gasteiger partial charge in [0.05, 0.1) is 5.25 Å². The largest absolute Gasteiger partial charge is 0.573 e. The lowest BCUT2D eigenvalue weighted by atomic mass is 10.1. The molecule has 0 bridgehead atoms. The third-order valence-electron chi connectivity index (χ3n) is 4.94. The van der Waals surface area contributed by atoms with E-state index in [0.717, 1.165) is 21.9 Å². The van der Waals surface area contributed by atoms with Crippen LogP contribution in [0.25, 0.3) is 0 Å². The normalized spacial score (nSPS) is 33.5. The number of anilines is 1. The Morgan fingerprint density at radius 3 is 3.00 bits per heavy atom. The molecule has 0 radical (unpaired) electrons. The summed E-state index contributed by atoms with van der Waals surface area (Å²) in [6.45, 7) is -0.0465. The first-order chi connectivity index (χ1) is 14.8. The lowest BCUT2D eigenvalue weighted by Gasteiger charge is -2.26. The molecule has 2 unspecified atom stereocenters. The highest BCUT2D eigenvalue weighted by atomic mass is 35.5. The number of thioether (sulfide) groups is 1. The second kappa shape index (κ2) is 9.29. The van der Waals surface area contributed by atoms with Crippen LogP contribution in [0.1, 0.15) is 23.5 Å². The molecule has 6 atom stereocenters. The molecule has 4 N–H and O–H groups in total. The number of hydrogen-bond acceptors (Lipinski definition) is 9. The molecule has 168 valence electrons. The first kappa shape index (κ1) is 22.9. The maximum atomic E-state index is 14.7. The van der Waals surface area contributed by atoms with Crippen LogP contribution in [0.4, 0.5) is 10.2 Å². The highest BCUT2D eigenvalue weighted by Gasteiger charge is 2.54. The van der Waals surface area contributed by atoms with Crippen molar-refractivity contribution in [2.75, 3.05) is 18.9 Å². The number of aliphatic hydroxyl groups excluding tert-OH is 1. The van der Waals surface area contributed by atoms with Gasteiger partial charge in [-0.25, -0.2) is 9.18 Å². The van der Waals surface area contributed by atoms with Crippen LogP contribution >= 0.6 is 31.5 Å². The lowest BCUT2D eigenvalue weighted by molar-refractivity contribution is -0.00309. The van der Waals surface area contributed by atoms with Crippen molar-refractivity contribution in [3.05, 3.63) is 57.6 Å². The smallest absolute Gasteiger partial charge is 0.389 e. The monoisotopic (exact) mass is 492 g/mol. The van der Waals surface area contributed by atoms with Gasteiger partial charge in [-0.05, 0) is 23.8 Å². The molecule has 1 aromatic heterocycles. The molecule has 0 amide bonds. The zero-order chi connectivity index (χ0) is 22.2. The van der Waals surface area contributed by atoms with Crippen molar-refractivity contribution in [3.8, 4) is 0 Å². The summed E-state index contributed by atoms with van der Waals surface area (Å²) in [5.74, 6) is 0.0213. The summed E-state index contributed by atoms with van der Waals surface area (Å²) in [7, 11) is -3.69. The van der Waals surface area contributed by atoms with E-state index >= 15 is 0 Å². The van der Waals surface area contributed by atoms with Gasteiger partial charge in [-0.15, -0.1) is 16.3 Å². The average molecular weight is 493 g/mol. The van der Waals surface area contributed by atoms with Crippen molar-refractivity contribution in [2.45, 2.75) is 35.4 Å². The Morgan fingerprint density at radius 2 is 2.26 bits per heavy atom. The number of benzene rings is 1. The highest BCUT2D eigenvalue weighted by Crippen LogP contribution is 2.64. The minimum atomic E-state index is -3.69. The van der Waals surface area contributed by atoms with E-state index in [1.807, 2.05) is 6.07 Å². The SMILES string of the molecule is Nc1ccn([C@@H]2S[C@H](CO[P+]3(O)OCCC(c4cccc(Cl)c4)O3)[C@@H](O)[C@@H]2F)c(=O)n1. The Kier molecular flexibility index (Phi) is 6.85. The highest BCUT2D eigenvalue weighted by molar-refractivity contribution is 8.00. The molecule has 0 aliphatic carbocycles. The van der Waals surface area contributed by atoms with E-state index in [1.165, 1.54) is 12.3 Å². The summed E-state index contributed by atoms with van der Waals surface area (Å²) >= 11 is 7.02. The quantitative estimate of drug-likeness (QED) is 0.539. The Hall–Kier alpha value is -1.30. The molecule has 1 aromatic carbocycles. The van der Waals surface area contributed by atoms with E-state index < -0.39 is 42.9 Å². The summed E-state index contributed by atoms with van der Waals surface area (Å²) < 4.78 is 32.3. The van der Waals surface area contributed by atoms with Gasteiger partial charge in [0.1, 0.15) is 36.6 Å². The van der Waals surface area contributed by atoms with Crippen molar-refractivity contribution in [3.63, 3.8) is 0 Å². The molecule has 2 aromatic rings. The number of nitrogen functional groups attached to an aromatic ring is 1. The summed E-state index contributed by atoms with van der Waals surface area (Å²) in [6.07, 6.45) is -1.84. The van der Waals surface area contributed by atoms with Gasteiger partial charge in [0.25, 0.3) is 0 Å². The predicted octanol–water partition coefficient (Wildman–Crippen LogP) is 2.66. The minimum Gasteiger partial charge on any atom is -0.389 e. The number of halogens is 2. The van der Waals surface area contributed by atoms with Crippen molar-refractivity contribution in [1.82, 2.24) is 9.55 Å². The van der Waals surface area contributed by atoms with Gasteiger partial charge in [0, 0.05) is 17.6 Å². The Labute approximate surface area is 186 Å². The molecule has 2 saturated heterocycles. The maximum Gasteiger partial charge on any atom is 0.573 e.